The number of nitrogens with one attached hydrogen (secondary N) is 2. The average molecular weight is 356 g/mol. The zero-order valence-electron chi connectivity index (χ0n) is 15.4. The molecule has 2 N–H and O–H groups in total. The minimum absolute atomic E-state index is 0.747. The molecule has 0 unspecified atom stereocenters. The maximum Gasteiger partial charge on any atom is 0.191 e. The molecule has 1 aliphatic rings. The molecule has 1 aromatic carbocycles. The fraction of sp³-hybridized carbons (Fsp3) is 0.450. The molecular weight excluding hydrogens is 328 g/mol. The molecule has 1 aromatic heterocycles. The maximum atomic E-state index is 5.42. The first kappa shape index (κ1) is 18.5. The van der Waals surface area contributed by atoms with E-state index in [1.807, 2.05) is 12.1 Å². The number of rotatable bonds is 7. The summed E-state index contributed by atoms with van der Waals surface area (Å²) in [6.07, 6.45) is 2.54. The number of aliphatic imine (C=N–C) groups is 1. The van der Waals surface area contributed by atoms with Crippen molar-refractivity contribution in [2.45, 2.75) is 19.5 Å². The molecule has 0 bridgehead atoms. The monoisotopic (exact) mass is 356 g/mol. The molecule has 0 aliphatic carbocycles. The molecule has 1 saturated heterocycles. The molecule has 0 amide bonds. The highest BCUT2D eigenvalue weighted by atomic mass is 16.5. The summed E-state index contributed by atoms with van der Waals surface area (Å²) in [5, 5.41) is 6.69. The van der Waals surface area contributed by atoms with Gasteiger partial charge >= 0.3 is 0 Å². The van der Waals surface area contributed by atoms with Crippen molar-refractivity contribution in [3.05, 3.63) is 59.5 Å². The van der Waals surface area contributed by atoms with Crippen LogP contribution in [-0.4, -0.2) is 50.8 Å². The Morgan fingerprint density at radius 2 is 1.96 bits per heavy atom. The van der Waals surface area contributed by atoms with Crippen molar-refractivity contribution in [2.75, 3.05) is 39.9 Å². The number of guanidine groups is 1. The second-order valence-electron chi connectivity index (χ2n) is 6.39. The van der Waals surface area contributed by atoms with Crippen LogP contribution in [0.1, 0.15) is 16.9 Å². The van der Waals surface area contributed by atoms with Gasteiger partial charge in [-0.2, -0.15) is 0 Å². The average Bonchev–Trinajstić information content (AvgIpc) is 3.19. The Hall–Kier alpha value is -2.31. The molecule has 2 aromatic rings. The summed E-state index contributed by atoms with van der Waals surface area (Å²) in [6.45, 7) is 6.20. The first-order valence-electron chi connectivity index (χ1n) is 9.18. The highest BCUT2D eigenvalue weighted by Crippen LogP contribution is 2.10. The molecule has 6 nitrogen and oxygen atoms in total. The van der Waals surface area contributed by atoms with Crippen molar-refractivity contribution in [1.29, 1.82) is 0 Å². The summed E-state index contributed by atoms with van der Waals surface area (Å²) in [4.78, 5) is 6.72. The smallest absolute Gasteiger partial charge is 0.191 e. The van der Waals surface area contributed by atoms with Gasteiger partial charge in [0.15, 0.2) is 5.96 Å². The predicted octanol–water partition coefficient (Wildman–Crippen LogP) is 2.02. The van der Waals surface area contributed by atoms with Crippen LogP contribution in [0.3, 0.4) is 0 Å². The van der Waals surface area contributed by atoms with E-state index in [-0.39, 0.29) is 0 Å². The molecule has 0 radical (unpaired) electrons. The Kier molecular flexibility index (Phi) is 7.10. The van der Waals surface area contributed by atoms with Gasteiger partial charge < -0.3 is 19.8 Å². The van der Waals surface area contributed by atoms with Crippen LogP contribution in [0.15, 0.2) is 52.1 Å². The summed E-state index contributed by atoms with van der Waals surface area (Å²) < 4.78 is 10.8. The third-order valence-corrected chi connectivity index (χ3v) is 4.43. The molecule has 2 heterocycles. The first-order chi connectivity index (χ1) is 12.8. The summed E-state index contributed by atoms with van der Waals surface area (Å²) in [5.41, 5.74) is 2.59. The van der Waals surface area contributed by atoms with Crippen LogP contribution in [-0.2, 0) is 24.2 Å². The fourth-order valence-corrected chi connectivity index (χ4v) is 3.02. The molecule has 26 heavy (non-hydrogen) atoms. The zero-order valence-corrected chi connectivity index (χ0v) is 15.4. The quantitative estimate of drug-likeness (QED) is 0.587. The van der Waals surface area contributed by atoms with Crippen LogP contribution in [0.4, 0.5) is 0 Å². The third kappa shape index (κ3) is 5.89. The van der Waals surface area contributed by atoms with Crippen molar-refractivity contribution in [3.8, 4) is 0 Å². The fourth-order valence-electron chi connectivity index (χ4n) is 3.02. The SMILES string of the molecule is CN=C(NCCc1ccco1)NCc1cccc(CN2CCOCC2)c1. The van der Waals surface area contributed by atoms with Gasteiger partial charge in [0.05, 0.1) is 19.5 Å². The van der Waals surface area contributed by atoms with E-state index < -0.39 is 0 Å². The van der Waals surface area contributed by atoms with Crippen LogP contribution in [0, 0.1) is 0 Å². The minimum atomic E-state index is 0.747. The van der Waals surface area contributed by atoms with Crippen LogP contribution in [0.5, 0.6) is 0 Å². The molecule has 1 aliphatic heterocycles. The van der Waals surface area contributed by atoms with Crippen LogP contribution < -0.4 is 10.6 Å². The zero-order chi connectivity index (χ0) is 18.0. The lowest BCUT2D eigenvalue weighted by atomic mass is 10.1. The van der Waals surface area contributed by atoms with E-state index in [0.29, 0.717) is 0 Å². The van der Waals surface area contributed by atoms with E-state index >= 15 is 0 Å². The van der Waals surface area contributed by atoms with Crippen LogP contribution in [0.2, 0.25) is 0 Å². The maximum absolute atomic E-state index is 5.42. The number of nitrogens with zero attached hydrogens (tertiary/aromatic N) is 2. The Bertz CT molecular complexity index is 679. The number of hydrogen-bond acceptors (Lipinski definition) is 4. The molecule has 3 rings (SSSR count). The second-order valence-corrected chi connectivity index (χ2v) is 6.39. The van der Waals surface area contributed by atoms with Crippen molar-refractivity contribution >= 4 is 5.96 Å². The lowest BCUT2D eigenvalue weighted by Gasteiger charge is -2.26. The highest BCUT2D eigenvalue weighted by molar-refractivity contribution is 5.79. The van der Waals surface area contributed by atoms with Gasteiger partial charge in [0.1, 0.15) is 5.76 Å². The summed E-state index contributed by atoms with van der Waals surface area (Å²) in [7, 11) is 1.79. The van der Waals surface area contributed by atoms with Crippen molar-refractivity contribution in [3.63, 3.8) is 0 Å². The van der Waals surface area contributed by atoms with Gasteiger partial charge in [0.25, 0.3) is 0 Å². The van der Waals surface area contributed by atoms with Crippen molar-refractivity contribution < 1.29 is 9.15 Å². The predicted molar refractivity (Wildman–Crippen MR) is 103 cm³/mol. The van der Waals surface area contributed by atoms with E-state index in [2.05, 4.69) is 44.8 Å². The lowest BCUT2D eigenvalue weighted by Crippen LogP contribution is -2.38. The molecule has 0 saturated carbocycles. The number of morpholine rings is 1. The van der Waals surface area contributed by atoms with Crippen molar-refractivity contribution in [1.82, 2.24) is 15.5 Å². The largest absolute Gasteiger partial charge is 0.469 e. The molecule has 6 heteroatoms. The second kappa shape index (κ2) is 9.99. The first-order valence-corrected chi connectivity index (χ1v) is 9.18. The summed E-state index contributed by atoms with van der Waals surface area (Å²) >= 11 is 0. The molecule has 0 atom stereocenters. The topological polar surface area (TPSA) is 62.0 Å². The number of hydrogen-bond donors (Lipinski definition) is 2. The van der Waals surface area contributed by atoms with Gasteiger partial charge in [-0.1, -0.05) is 24.3 Å². The highest BCUT2D eigenvalue weighted by Gasteiger charge is 2.10. The van der Waals surface area contributed by atoms with E-state index in [1.165, 1.54) is 11.1 Å². The summed E-state index contributed by atoms with van der Waals surface area (Å²) in [6, 6.07) is 12.6. The summed E-state index contributed by atoms with van der Waals surface area (Å²) in [5.74, 6) is 1.78. The number of ether oxygens (including phenoxy) is 1. The Labute approximate surface area is 155 Å². The van der Waals surface area contributed by atoms with Gasteiger partial charge in [-0.15, -0.1) is 0 Å². The standard InChI is InChI=1S/C20H28N4O2/c1-21-20(22-8-7-19-6-3-11-26-19)23-15-17-4-2-5-18(14-17)16-24-9-12-25-13-10-24/h2-6,11,14H,7-10,12-13,15-16H2,1H3,(H2,21,22,23). The Morgan fingerprint density at radius 3 is 2.73 bits per heavy atom. The Balaban J connectivity index is 1.44. The molecule has 0 spiro atoms. The third-order valence-electron chi connectivity index (χ3n) is 4.43. The van der Waals surface area contributed by atoms with Gasteiger partial charge in [-0.3, -0.25) is 9.89 Å². The normalized spacial score (nSPS) is 15.8. The van der Waals surface area contributed by atoms with Crippen molar-refractivity contribution in [2.24, 2.45) is 4.99 Å². The van der Waals surface area contributed by atoms with E-state index in [9.17, 15) is 0 Å². The number of furan rings is 1. The van der Waals surface area contributed by atoms with Gasteiger partial charge in [0, 0.05) is 46.2 Å². The molecule has 1 fully saturated rings. The Morgan fingerprint density at radius 1 is 1.12 bits per heavy atom. The van der Waals surface area contributed by atoms with Crippen LogP contribution >= 0.6 is 0 Å². The van der Waals surface area contributed by atoms with Gasteiger partial charge in [0.2, 0.25) is 0 Å². The van der Waals surface area contributed by atoms with Crippen LogP contribution in [0.25, 0.3) is 0 Å². The van der Waals surface area contributed by atoms with Gasteiger partial charge in [-0.05, 0) is 23.3 Å². The van der Waals surface area contributed by atoms with E-state index in [4.69, 9.17) is 9.15 Å². The minimum Gasteiger partial charge on any atom is -0.469 e. The number of benzene rings is 1. The van der Waals surface area contributed by atoms with Gasteiger partial charge in [-0.25, -0.2) is 0 Å². The van der Waals surface area contributed by atoms with E-state index in [1.54, 1.807) is 13.3 Å². The van der Waals surface area contributed by atoms with E-state index in [0.717, 1.165) is 64.1 Å². The molecule has 140 valence electrons. The lowest BCUT2D eigenvalue weighted by molar-refractivity contribution is 0.0342. The molecular formula is C20H28N4O2.